The van der Waals surface area contributed by atoms with Crippen LogP contribution in [0.2, 0.25) is 0 Å². The normalized spacial score (nSPS) is 13.4. The maximum absolute atomic E-state index is 13.3. The van der Waals surface area contributed by atoms with Gasteiger partial charge in [0.2, 0.25) is 0 Å². The number of non-ortho nitro benzene ring substituents is 1. The van der Waals surface area contributed by atoms with Crippen LogP contribution >= 0.6 is 0 Å². The molecular weight excluding hydrogens is 429 g/mol. The number of nitrogens with one attached hydrogen (secondary N) is 1. The Morgan fingerprint density at radius 3 is 2.64 bits per heavy atom. The smallest absolute Gasteiger partial charge is 0.270 e. The van der Waals surface area contributed by atoms with E-state index in [4.69, 9.17) is 9.47 Å². The summed E-state index contributed by atoms with van der Waals surface area (Å²) < 4.78 is 24.3. The van der Waals surface area contributed by atoms with E-state index in [1.807, 2.05) is 11.0 Å². The highest BCUT2D eigenvalue weighted by atomic mass is 19.1. The van der Waals surface area contributed by atoms with Crippen LogP contribution in [0.5, 0.6) is 5.75 Å². The molecule has 170 valence electrons. The molecule has 1 amide bonds. The number of benzene rings is 3. The van der Waals surface area contributed by atoms with Crippen molar-refractivity contribution in [2.75, 3.05) is 36.5 Å². The molecule has 1 N–H and O–H groups in total. The van der Waals surface area contributed by atoms with Gasteiger partial charge < -0.3 is 19.7 Å². The second kappa shape index (κ2) is 10.1. The number of amides is 1. The summed E-state index contributed by atoms with van der Waals surface area (Å²) in [5.41, 5.74) is 1.96. The molecule has 0 atom stereocenters. The van der Waals surface area contributed by atoms with Crippen LogP contribution in [-0.4, -0.2) is 37.1 Å². The number of halogens is 1. The lowest BCUT2D eigenvalue weighted by Gasteiger charge is -2.30. The third-order valence-corrected chi connectivity index (χ3v) is 5.17. The lowest BCUT2D eigenvalue weighted by molar-refractivity contribution is -0.384. The predicted octanol–water partition coefficient (Wildman–Crippen LogP) is 4.40. The average Bonchev–Trinajstić information content (AvgIpc) is 2.83. The Morgan fingerprint density at radius 2 is 1.88 bits per heavy atom. The van der Waals surface area contributed by atoms with E-state index in [2.05, 4.69) is 5.32 Å². The number of hydrogen-bond acceptors (Lipinski definition) is 6. The van der Waals surface area contributed by atoms with E-state index in [0.717, 1.165) is 5.56 Å². The summed E-state index contributed by atoms with van der Waals surface area (Å²) in [5, 5.41) is 14.1. The SMILES string of the molecule is O=C(Nc1cccc(COc2cccc(F)c2)c1)c1cc([N+](=O)[O-])ccc1N1CCOCC1. The van der Waals surface area contributed by atoms with E-state index < -0.39 is 10.8 Å². The molecule has 0 aromatic heterocycles. The fraction of sp³-hybridized carbons (Fsp3) is 0.208. The van der Waals surface area contributed by atoms with E-state index in [1.54, 1.807) is 36.4 Å². The van der Waals surface area contributed by atoms with Crippen molar-refractivity contribution < 1.29 is 23.6 Å². The number of rotatable bonds is 7. The number of carbonyl (C=O) groups excluding carboxylic acids is 1. The molecule has 33 heavy (non-hydrogen) atoms. The molecule has 0 saturated carbocycles. The van der Waals surface area contributed by atoms with Crippen LogP contribution in [0, 0.1) is 15.9 Å². The third-order valence-electron chi connectivity index (χ3n) is 5.17. The van der Waals surface area contributed by atoms with E-state index in [9.17, 15) is 19.3 Å². The Bertz CT molecular complexity index is 1160. The first kappa shape index (κ1) is 22.2. The number of carbonyl (C=O) groups is 1. The van der Waals surface area contributed by atoms with Crippen molar-refractivity contribution in [1.29, 1.82) is 0 Å². The Balaban J connectivity index is 1.52. The zero-order chi connectivity index (χ0) is 23.2. The van der Waals surface area contributed by atoms with Crippen LogP contribution in [0.4, 0.5) is 21.5 Å². The molecule has 0 aliphatic carbocycles. The van der Waals surface area contributed by atoms with Crippen LogP contribution in [0.15, 0.2) is 66.7 Å². The fourth-order valence-electron chi connectivity index (χ4n) is 3.56. The zero-order valence-electron chi connectivity index (χ0n) is 17.7. The van der Waals surface area contributed by atoms with E-state index in [-0.39, 0.29) is 23.7 Å². The maximum atomic E-state index is 13.3. The van der Waals surface area contributed by atoms with Gasteiger partial charge in [-0.15, -0.1) is 0 Å². The summed E-state index contributed by atoms with van der Waals surface area (Å²) in [6.07, 6.45) is 0. The van der Waals surface area contributed by atoms with Gasteiger partial charge in [0.1, 0.15) is 18.2 Å². The molecule has 3 aromatic carbocycles. The van der Waals surface area contributed by atoms with Crippen molar-refractivity contribution in [2.24, 2.45) is 0 Å². The summed E-state index contributed by atoms with van der Waals surface area (Å²) >= 11 is 0. The van der Waals surface area contributed by atoms with Gasteiger partial charge in [0.15, 0.2) is 0 Å². The first-order valence-corrected chi connectivity index (χ1v) is 10.4. The molecule has 9 heteroatoms. The Labute approximate surface area is 189 Å². The molecule has 1 fully saturated rings. The summed E-state index contributed by atoms with van der Waals surface area (Å²) in [6.45, 7) is 2.40. The van der Waals surface area contributed by atoms with Crippen LogP contribution < -0.4 is 15.0 Å². The Hall–Kier alpha value is -3.98. The third kappa shape index (κ3) is 5.64. The average molecular weight is 451 g/mol. The lowest BCUT2D eigenvalue weighted by atomic mass is 10.1. The van der Waals surface area contributed by atoms with Crippen LogP contribution in [0.25, 0.3) is 0 Å². The number of hydrogen-bond donors (Lipinski definition) is 1. The molecule has 1 aliphatic rings. The van der Waals surface area contributed by atoms with Crippen molar-refractivity contribution >= 4 is 23.0 Å². The number of nitro groups is 1. The van der Waals surface area contributed by atoms with Gasteiger partial charge in [0.05, 0.1) is 29.4 Å². The summed E-state index contributed by atoms with van der Waals surface area (Å²) in [4.78, 5) is 25.8. The molecule has 1 heterocycles. The number of ether oxygens (including phenoxy) is 2. The van der Waals surface area contributed by atoms with Gasteiger partial charge >= 0.3 is 0 Å². The standard InChI is InChI=1S/C24H22FN3O5/c25-18-4-2-6-21(14-18)33-16-17-3-1-5-19(13-17)26-24(29)22-15-20(28(30)31)7-8-23(22)27-9-11-32-12-10-27/h1-8,13-15H,9-12,16H2,(H,26,29). The van der Waals surface area contributed by atoms with Gasteiger partial charge in [0, 0.05) is 37.0 Å². The maximum Gasteiger partial charge on any atom is 0.270 e. The van der Waals surface area contributed by atoms with Gasteiger partial charge in [-0.2, -0.15) is 0 Å². The highest BCUT2D eigenvalue weighted by molar-refractivity contribution is 6.08. The number of nitrogens with zero attached hydrogens (tertiary/aromatic N) is 2. The molecule has 3 aromatic rings. The molecule has 1 aliphatic heterocycles. The van der Waals surface area contributed by atoms with E-state index in [1.165, 1.54) is 24.3 Å². The molecule has 0 radical (unpaired) electrons. The quantitative estimate of drug-likeness (QED) is 0.423. The molecule has 0 unspecified atom stereocenters. The number of nitro benzene ring substituents is 1. The second-order valence-corrected chi connectivity index (χ2v) is 7.46. The fourth-order valence-corrected chi connectivity index (χ4v) is 3.56. The number of morpholine rings is 1. The minimum absolute atomic E-state index is 0.158. The monoisotopic (exact) mass is 451 g/mol. The van der Waals surface area contributed by atoms with E-state index >= 15 is 0 Å². The van der Waals surface area contributed by atoms with Crippen molar-refractivity contribution in [1.82, 2.24) is 0 Å². The first-order valence-electron chi connectivity index (χ1n) is 10.4. The molecule has 0 bridgehead atoms. The zero-order valence-corrected chi connectivity index (χ0v) is 17.7. The summed E-state index contributed by atoms with van der Waals surface area (Å²) in [5.74, 6) is -0.443. The molecular formula is C24H22FN3O5. The van der Waals surface area contributed by atoms with Gasteiger partial charge in [-0.1, -0.05) is 18.2 Å². The highest BCUT2D eigenvalue weighted by Gasteiger charge is 2.22. The van der Waals surface area contributed by atoms with Gasteiger partial charge in [-0.25, -0.2) is 4.39 Å². The lowest BCUT2D eigenvalue weighted by Crippen LogP contribution is -2.37. The Kier molecular flexibility index (Phi) is 6.80. The number of anilines is 2. The summed E-state index contributed by atoms with van der Waals surface area (Å²) in [6, 6.07) is 17.2. The van der Waals surface area contributed by atoms with Gasteiger partial charge in [-0.05, 0) is 35.9 Å². The van der Waals surface area contributed by atoms with Gasteiger partial charge in [-0.3, -0.25) is 14.9 Å². The van der Waals surface area contributed by atoms with Crippen LogP contribution in [0.1, 0.15) is 15.9 Å². The first-order chi connectivity index (χ1) is 16.0. The second-order valence-electron chi connectivity index (χ2n) is 7.46. The molecule has 1 saturated heterocycles. The van der Waals surface area contributed by atoms with Crippen molar-refractivity contribution in [3.8, 4) is 5.75 Å². The molecule has 0 spiro atoms. The highest BCUT2D eigenvalue weighted by Crippen LogP contribution is 2.27. The molecule has 4 rings (SSSR count). The molecule has 8 nitrogen and oxygen atoms in total. The minimum atomic E-state index is -0.524. The topological polar surface area (TPSA) is 93.9 Å². The predicted molar refractivity (Wildman–Crippen MR) is 121 cm³/mol. The van der Waals surface area contributed by atoms with Crippen molar-refractivity contribution in [3.63, 3.8) is 0 Å². The van der Waals surface area contributed by atoms with Gasteiger partial charge in [0.25, 0.3) is 11.6 Å². The van der Waals surface area contributed by atoms with Crippen LogP contribution in [-0.2, 0) is 11.3 Å². The minimum Gasteiger partial charge on any atom is -0.489 e. The Morgan fingerprint density at radius 1 is 1.09 bits per heavy atom. The van der Waals surface area contributed by atoms with E-state index in [0.29, 0.717) is 43.4 Å². The summed E-state index contributed by atoms with van der Waals surface area (Å²) in [7, 11) is 0. The van der Waals surface area contributed by atoms with Crippen molar-refractivity contribution in [3.05, 3.63) is 93.8 Å². The largest absolute Gasteiger partial charge is 0.489 e. The van der Waals surface area contributed by atoms with Crippen LogP contribution in [0.3, 0.4) is 0 Å². The van der Waals surface area contributed by atoms with Crippen molar-refractivity contribution in [2.45, 2.75) is 6.61 Å².